The second kappa shape index (κ2) is 16.1. The first-order valence-electron chi connectivity index (χ1n) is 17.6. The summed E-state index contributed by atoms with van der Waals surface area (Å²) in [5.41, 5.74) is -0.151. The van der Waals surface area contributed by atoms with Crippen molar-refractivity contribution in [2.45, 2.75) is 121 Å². The molecule has 2 saturated carbocycles. The Morgan fingerprint density at radius 1 is 0.980 bits per heavy atom. The fourth-order valence-corrected chi connectivity index (χ4v) is 8.10. The highest BCUT2D eigenvalue weighted by atomic mass is 19.4. The summed E-state index contributed by atoms with van der Waals surface area (Å²) in [7, 11) is 0. The summed E-state index contributed by atoms with van der Waals surface area (Å²) < 4.78 is 84.5. The number of hydrogen-bond donors (Lipinski definition) is 3. The van der Waals surface area contributed by atoms with Crippen LogP contribution < -0.4 is 16.0 Å². The second-order valence-electron chi connectivity index (χ2n) is 14.1. The van der Waals surface area contributed by atoms with E-state index in [0.717, 1.165) is 76.3 Å². The number of benzene rings is 1. The van der Waals surface area contributed by atoms with Gasteiger partial charge in [0.05, 0.1) is 18.3 Å². The van der Waals surface area contributed by atoms with Crippen LogP contribution in [0.2, 0.25) is 0 Å². The lowest BCUT2D eigenvalue weighted by Crippen LogP contribution is -2.53. The SMILES string of the molecule is CC(C)n1nccc1C(=O)N[C@H](C(=O)Nc1ccc([C@H](CC(F)F)N2C[C@@H](C(F)(F)F)NC2=O)cc1F)C(C1CCCCC1)C1CCCCC1. The average Bonchev–Trinajstić information content (AvgIpc) is 3.73. The first kappa shape index (κ1) is 37.5. The molecule has 2 heterocycles. The largest absolute Gasteiger partial charge is 0.410 e. The number of rotatable bonds is 12. The number of halogens is 6. The Morgan fingerprint density at radius 3 is 2.12 bits per heavy atom. The van der Waals surface area contributed by atoms with Crippen LogP contribution in [0.1, 0.15) is 113 Å². The number of nitrogens with zero attached hydrogens (tertiary/aromatic N) is 3. The van der Waals surface area contributed by atoms with E-state index in [0.29, 0.717) is 4.90 Å². The molecule has 276 valence electrons. The van der Waals surface area contributed by atoms with Gasteiger partial charge in [0.15, 0.2) is 0 Å². The summed E-state index contributed by atoms with van der Waals surface area (Å²) in [6, 6.07) is -1.36. The molecule has 0 spiro atoms. The smallest absolute Gasteiger partial charge is 0.339 e. The molecular weight excluding hydrogens is 666 g/mol. The van der Waals surface area contributed by atoms with Crippen LogP contribution in [0.15, 0.2) is 30.5 Å². The van der Waals surface area contributed by atoms with Crippen molar-refractivity contribution in [3.8, 4) is 0 Å². The van der Waals surface area contributed by atoms with E-state index in [9.17, 15) is 36.3 Å². The fourth-order valence-electron chi connectivity index (χ4n) is 8.10. The molecule has 1 saturated heterocycles. The zero-order valence-corrected chi connectivity index (χ0v) is 28.3. The lowest BCUT2D eigenvalue weighted by atomic mass is 9.66. The van der Waals surface area contributed by atoms with Gasteiger partial charge in [-0.15, -0.1) is 0 Å². The topological polar surface area (TPSA) is 108 Å². The van der Waals surface area contributed by atoms with E-state index in [1.54, 1.807) is 16.1 Å². The van der Waals surface area contributed by atoms with E-state index in [4.69, 9.17) is 0 Å². The van der Waals surface area contributed by atoms with Gasteiger partial charge in [0.25, 0.3) is 5.91 Å². The number of urea groups is 1. The number of amides is 4. The first-order chi connectivity index (χ1) is 23.7. The molecular formula is C35H46F6N6O3. The number of hydrogen-bond acceptors (Lipinski definition) is 4. The van der Waals surface area contributed by atoms with E-state index in [1.807, 2.05) is 13.8 Å². The minimum atomic E-state index is -4.80. The Bertz CT molecular complexity index is 1470. The fraction of sp³-hybridized carbons (Fsp3) is 0.657. The normalized spacial score (nSPS) is 20.7. The van der Waals surface area contributed by atoms with Crippen molar-refractivity contribution in [3.63, 3.8) is 0 Å². The molecule has 50 heavy (non-hydrogen) atoms. The van der Waals surface area contributed by atoms with Gasteiger partial charge in [0.1, 0.15) is 23.6 Å². The molecule has 1 aliphatic heterocycles. The highest BCUT2D eigenvalue weighted by molar-refractivity contribution is 6.00. The summed E-state index contributed by atoms with van der Waals surface area (Å²) in [5.74, 6) is -2.03. The number of aromatic nitrogens is 2. The molecule has 5 rings (SSSR count). The number of carbonyl (C=O) groups excluding carboxylic acids is 3. The molecule has 4 amide bonds. The van der Waals surface area contributed by atoms with E-state index >= 15 is 4.39 Å². The Kier molecular flexibility index (Phi) is 12.0. The number of anilines is 1. The van der Waals surface area contributed by atoms with Crippen LogP contribution in [0.4, 0.5) is 36.8 Å². The maximum Gasteiger partial charge on any atom is 0.410 e. The quantitative estimate of drug-likeness (QED) is 0.196. The molecule has 3 N–H and O–H groups in total. The van der Waals surface area contributed by atoms with Gasteiger partial charge in [-0.2, -0.15) is 18.3 Å². The molecule has 1 aromatic heterocycles. The standard InChI is InChI=1S/C35H46F6N6O3/c1-20(2)47-26(15-16-42-47)32(48)45-31(30(21-9-5-3-6-10-21)22-11-7-4-8-12-22)33(49)43-25-14-13-23(17-24(25)36)27(18-29(37)38)46-19-28(35(39,40)41)44-34(46)50/h13-17,20-22,27-31H,3-12,18-19H2,1-2H3,(H,43,49)(H,44,50)(H,45,48)/t27-,28-,31-/m0/s1. The van der Waals surface area contributed by atoms with Crippen LogP contribution >= 0.6 is 0 Å². The van der Waals surface area contributed by atoms with E-state index in [-0.39, 0.29) is 40.7 Å². The van der Waals surface area contributed by atoms with Gasteiger partial charge in [-0.25, -0.2) is 18.0 Å². The predicted octanol–water partition coefficient (Wildman–Crippen LogP) is 7.77. The van der Waals surface area contributed by atoms with Gasteiger partial charge in [0.2, 0.25) is 12.3 Å². The summed E-state index contributed by atoms with van der Waals surface area (Å²) in [5, 5.41) is 11.6. The van der Waals surface area contributed by atoms with Crippen molar-refractivity contribution < 1.29 is 40.7 Å². The minimum Gasteiger partial charge on any atom is -0.339 e. The van der Waals surface area contributed by atoms with E-state index < -0.39 is 67.4 Å². The van der Waals surface area contributed by atoms with Crippen molar-refractivity contribution in [1.29, 1.82) is 0 Å². The molecule has 1 aromatic carbocycles. The summed E-state index contributed by atoms with van der Waals surface area (Å²) in [4.78, 5) is 41.1. The van der Waals surface area contributed by atoms with Crippen LogP contribution in [0.5, 0.6) is 0 Å². The third-order valence-corrected chi connectivity index (χ3v) is 10.5. The number of nitrogens with one attached hydrogen (secondary N) is 3. The molecule has 3 atom stereocenters. The van der Waals surface area contributed by atoms with E-state index in [2.05, 4.69) is 15.7 Å². The van der Waals surface area contributed by atoms with Crippen LogP contribution in [0, 0.1) is 23.6 Å². The van der Waals surface area contributed by atoms with E-state index in [1.165, 1.54) is 12.3 Å². The monoisotopic (exact) mass is 712 g/mol. The summed E-state index contributed by atoms with van der Waals surface area (Å²) in [6.45, 7) is 2.84. The number of alkyl halides is 5. The molecule has 9 nitrogen and oxygen atoms in total. The van der Waals surface area contributed by atoms with Crippen molar-refractivity contribution in [2.24, 2.45) is 17.8 Å². The molecule has 0 unspecified atom stereocenters. The summed E-state index contributed by atoms with van der Waals surface area (Å²) >= 11 is 0. The van der Waals surface area contributed by atoms with Crippen LogP contribution in [0.3, 0.4) is 0 Å². The minimum absolute atomic E-state index is 0.127. The molecule has 3 aliphatic rings. The molecule has 0 radical (unpaired) electrons. The average molecular weight is 713 g/mol. The second-order valence-corrected chi connectivity index (χ2v) is 14.1. The van der Waals surface area contributed by atoms with Crippen LogP contribution in [0.25, 0.3) is 0 Å². The zero-order valence-electron chi connectivity index (χ0n) is 28.3. The van der Waals surface area contributed by atoms with Crippen molar-refractivity contribution in [2.75, 3.05) is 11.9 Å². The maximum absolute atomic E-state index is 15.8. The Labute approximate surface area is 287 Å². The van der Waals surface area contributed by atoms with Gasteiger partial charge >= 0.3 is 12.2 Å². The molecule has 15 heteroatoms. The van der Waals surface area contributed by atoms with Crippen LogP contribution in [-0.4, -0.2) is 63.8 Å². The lowest BCUT2D eigenvalue weighted by molar-refractivity contribution is -0.150. The summed E-state index contributed by atoms with van der Waals surface area (Å²) in [6.07, 6.45) is 2.49. The maximum atomic E-state index is 15.8. The zero-order chi connectivity index (χ0) is 36.2. The highest BCUT2D eigenvalue weighted by Gasteiger charge is 2.49. The van der Waals surface area contributed by atoms with Gasteiger partial charge < -0.3 is 20.9 Å². The highest BCUT2D eigenvalue weighted by Crippen LogP contribution is 2.42. The van der Waals surface area contributed by atoms with Crippen molar-refractivity contribution in [3.05, 3.63) is 47.5 Å². The predicted molar refractivity (Wildman–Crippen MR) is 174 cm³/mol. The van der Waals surface area contributed by atoms with Gasteiger partial charge in [-0.3, -0.25) is 14.3 Å². The Hall–Kier alpha value is -3.78. The van der Waals surface area contributed by atoms with Crippen LogP contribution in [-0.2, 0) is 4.79 Å². The van der Waals surface area contributed by atoms with Crippen molar-refractivity contribution in [1.82, 2.24) is 25.3 Å². The molecule has 0 bridgehead atoms. The molecule has 2 aliphatic carbocycles. The molecule has 3 fully saturated rings. The molecule has 2 aromatic rings. The Balaban J connectivity index is 1.44. The lowest BCUT2D eigenvalue weighted by Gasteiger charge is -2.42. The third kappa shape index (κ3) is 8.74. The van der Waals surface area contributed by atoms with Crippen molar-refractivity contribution >= 4 is 23.5 Å². The van der Waals surface area contributed by atoms with Gasteiger partial charge in [0, 0.05) is 18.7 Å². The van der Waals surface area contributed by atoms with Gasteiger partial charge in [-0.05, 0) is 55.4 Å². The van der Waals surface area contributed by atoms with Gasteiger partial charge in [-0.1, -0.05) is 70.3 Å². The number of carbonyl (C=O) groups is 3. The Morgan fingerprint density at radius 2 is 1.60 bits per heavy atom. The first-order valence-corrected chi connectivity index (χ1v) is 17.6. The third-order valence-electron chi connectivity index (χ3n) is 10.5.